The van der Waals surface area contributed by atoms with Gasteiger partial charge in [-0.05, 0) is 61.9 Å². The summed E-state index contributed by atoms with van der Waals surface area (Å²) >= 11 is 6.07. The first-order valence-corrected chi connectivity index (χ1v) is 7.98. The van der Waals surface area contributed by atoms with Crippen LogP contribution in [0.15, 0.2) is 24.3 Å². The molecule has 1 aromatic carbocycles. The zero-order valence-corrected chi connectivity index (χ0v) is 13.3. The lowest BCUT2D eigenvalue weighted by atomic mass is 9.89. The molecule has 2 unspecified atom stereocenters. The van der Waals surface area contributed by atoms with Crippen LogP contribution in [0.1, 0.15) is 45.6 Å². The number of hydrogen-bond donors (Lipinski definition) is 1. The van der Waals surface area contributed by atoms with E-state index in [2.05, 4.69) is 44.3 Å². The highest BCUT2D eigenvalue weighted by atomic mass is 35.5. The Balaban J connectivity index is 2.56. The van der Waals surface area contributed by atoms with Crippen LogP contribution >= 0.6 is 11.6 Å². The molecule has 0 aliphatic rings. The van der Waals surface area contributed by atoms with Crippen molar-refractivity contribution in [3.05, 3.63) is 34.9 Å². The zero-order valence-electron chi connectivity index (χ0n) is 12.6. The fraction of sp³-hybridized carbons (Fsp3) is 0.647. The van der Waals surface area contributed by atoms with Crippen LogP contribution in [0.25, 0.3) is 0 Å². The summed E-state index contributed by atoms with van der Waals surface area (Å²) in [5, 5.41) is 4.41. The third-order valence-corrected chi connectivity index (χ3v) is 3.94. The van der Waals surface area contributed by atoms with E-state index in [4.69, 9.17) is 11.6 Å². The molecule has 1 rings (SSSR count). The molecular formula is C17H28ClN. The van der Waals surface area contributed by atoms with Crippen molar-refractivity contribution in [1.29, 1.82) is 0 Å². The molecule has 108 valence electrons. The van der Waals surface area contributed by atoms with Crippen LogP contribution in [0, 0.1) is 11.8 Å². The van der Waals surface area contributed by atoms with Crippen molar-refractivity contribution < 1.29 is 0 Å². The fourth-order valence-electron chi connectivity index (χ4n) is 2.45. The molecule has 0 bridgehead atoms. The van der Waals surface area contributed by atoms with Gasteiger partial charge >= 0.3 is 0 Å². The van der Waals surface area contributed by atoms with Gasteiger partial charge in [0, 0.05) is 5.02 Å². The first-order valence-electron chi connectivity index (χ1n) is 7.60. The van der Waals surface area contributed by atoms with Gasteiger partial charge in [-0.2, -0.15) is 0 Å². The Kier molecular flexibility index (Phi) is 8.16. The minimum absolute atomic E-state index is 0.708. The van der Waals surface area contributed by atoms with Crippen molar-refractivity contribution in [3.63, 3.8) is 0 Å². The van der Waals surface area contributed by atoms with Crippen molar-refractivity contribution in [1.82, 2.24) is 5.32 Å². The van der Waals surface area contributed by atoms with Gasteiger partial charge in [-0.3, -0.25) is 0 Å². The molecule has 0 aromatic heterocycles. The number of benzene rings is 1. The van der Waals surface area contributed by atoms with Gasteiger partial charge in [-0.25, -0.2) is 0 Å². The highest BCUT2D eigenvalue weighted by Gasteiger charge is 2.13. The van der Waals surface area contributed by atoms with E-state index in [1.54, 1.807) is 0 Å². The van der Waals surface area contributed by atoms with Gasteiger partial charge in [0.15, 0.2) is 0 Å². The Morgan fingerprint density at radius 1 is 1.26 bits per heavy atom. The number of halogens is 1. The van der Waals surface area contributed by atoms with E-state index >= 15 is 0 Å². The molecule has 1 N–H and O–H groups in total. The third-order valence-electron chi connectivity index (χ3n) is 3.71. The molecule has 0 saturated carbocycles. The van der Waals surface area contributed by atoms with Gasteiger partial charge in [0.1, 0.15) is 0 Å². The Hall–Kier alpha value is -0.530. The Morgan fingerprint density at radius 2 is 2.05 bits per heavy atom. The lowest BCUT2D eigenvalue weighted by Crippen LogP contribution is -2.26. The smallest absolute Gasteiger partial charge is 0.0408 e. The van der Waals surface area contributed by atoms with Crippen molar-refractivity contribution in [2.75, 3.05) is 13.1 Å². The molecule has 0 amide bonds. The van der Waals surface area contributed by atoms with E-state index in [9.17, 15) is 0 Å². The molecule has 0 radical (unpaired) electrons. The number of nitrogens with one attached hydrogen (secondary N) is 1. The Labute approximate surface area is 123 Å². The summed E-state index contributed by atoms with van der Waals surface area (Å²) in [6.45, 7) is 9.08. The predicted molar refractivity (Wildman–Crippen MR) is 85.9 cm³/mol. The van der Waals surface area contributed by atoms with Crippen molar-refractivity contribution in [3.8, 4) is 0 Å². The minimum atomic E-state index is 0.708. The second-order valence-corrected chi connectivity index (χ2v) is 6.09. The molecule has 0 spiro atoms. The highest BCUT2D eigenvalue weighted by molar-refractivity contribution is 6.30. The van der Waals surface area contributed by atoms with Crippen molar-refractivity contribution in [2.45, 2.75) is 46.5 Å². The maximum Gasteiger partial charge on any atom is 0.0408 e. The van der Waals surface area contributed by atoms with Crippen LogP contribution < -0.4 is 5.32 Å². The van der Waals surface area contributed by atoms with Crippen molar-refractivity contribution in [2.24, 2.45) is 11.8 Å². The van der Waals surface area contributed by atoms with Gasteiger partial charge in [-0.1, -0.05) is 50.9 Å². The normalized spacial score (nSPS) is 14.3. The van der Waals surface area contributed by atoms with Crippen LogP contribution in [0.2, 0.25) is 5.02 Å². The minimum Gasteiger partial charge on any atom is -0.316 e. The van der Waals surface area contributed by atoms with E-state index in [0.29, 0.717) is 5.92 Å². The van der Waals surface area contributed by atoms with E-state index in [-0.39, 0.29) is 0 Å². The predicted octanol–water partition coefficient (Wildman–Crippen LogP) is 4.93. The largest absolute Gasteiger partial charge is 0.316 e. The summed E-state index contributed by atoms with van der Waals surface area (Å²) < 4.78 is 0. The van der Waals surface area contributed by atoms with Gasteiger partial charge in [-0.15, -0.1) is 0 Å². The van der Waals surface area contributed by atoms with Gasteiger partial charge < -0.3 is 5.32 Å². The molecule has 0 saturated heterocycles. The molecule has 2 heteroatoms. The van der Waals surface area contributed by atoms with E-state index in [1.807, 2.05) is 6.07 Å². The van der Waals surface area contributed by atoms with Crippen LogP contribution in [-0.4, -0.2) is 13.1 Å². The zero-order chi connectivity index (χ0) is 14.1. The van der Waals surface area contributed by atoms with Gasteiger partial charge in [0.2, 0.25) is 0 Å². The van der Waals surface area contributed by atoms with Gasteiger partial charge in [0.05, 0.1) is 0 Å². The average molecular weight is 282 g/mol. The Bertz CT molecular complexity index is 351. The van der Waals surface area contributed by atoms with Crippen molar-refractivity contribution >= 4 is 11.6 Å². The van der Waals surface area contributed by atoms with E-state index in [1.165, 1.54) is 24.8 Å². The van der Waals surface area contributed by atoms with Gasteiger partial charge in [0.25, 0.3) is 0 Å². The van der Waals surface area contributed by atoms with Crippen LogP contribution in [-0.2, 0) is 6.42 Å². The summed E-state index contributed by atoms with van der Waals surface area (Å²) in [4.78, 5) is 0. The lowest BCUT2D eigenvalue weighted by molar-refractivity contribution is 0.363. The summed E-state index contributed by atoms with van der Waals surface area (Å²) in [6.07, 6.45) is 4.88. The fourth-order valence-corrected chi connectivity index (χ4v) is 2.67. The molecule has 0 heterocycles. The van der Waals surface area contributed by atoms with Crippen LogP contribution in [0.5, 0.6) is 0 Å². The molecule has 19 heavy (non-hydrogen) atoms. The third kappa shape index (κ3) is 6.98. The van der Waals surface area contributed by atoms with E-state index in [0.717, 1.165) is 30.5 Å². The topological polar surface area (TPSA) is 12.0 Å². The van der Waals surface area contributed by atoms with Crippen LogP contribution in [0.4, 0.5) is 0 Å². The highest BCUT2D eigenvalue weighted by Crippen LogP contribution is 2.20. The number of rotatable bonds is 9. The summed E-state index contributed by atoms with van der Waals surface area (Å²) in [6, 6.07) is 8.29. The monoisotopic (exact) mass is 281 g/mol. The standard InChI is InChI=1S/C17H28ClN/c1-4-9-19-13-16(10-14(3)5-2)11-15-7-6-8-17(18)12-15/h6-8,12,14,16,19H,4-5,9-11,13H2,1-3H3. The molecular weight excluding hydrogens is 254 g/mol. The molecule has 0 aliphatic carbocycles. The second kappa shape index (κ2) is 9.39. The first kappa shape index (κ1) is 16.5. The summed E-state index contributed by atoms with van der Waals surface area (Å²) in [7, 11) is 0. The molecule has 2 atom stereocenters. The van der Waals surface area contributed by atoms with Crippen LogP contribution in [0.3, 0.4) is 0 Å². The lowest BCUT2D eigenvalue weighted by Gasteiger charge is -2.21. The molecule has 0 fully saturated rings. The quantitative estimate of drug-likeness (QED) is 0.633. The van der Waals surface area contributed by atoms with E-state index < -0.39 is 0 Å². The first-order chi connectivity index (χ1) is 9.15. The summed E-state index contributed by atoms with van der Waals surface area (Å²) in [5.41, 5.74) is 1.36. The average Bonchev–Trinajstić information content (AvgIpc) is 2.38. The molecule has 1 nitrogen and oxygen atoms in total. The molecule has 1 aromatic rings. The SMILES string of the molecule is CCCNCC(Cc1cccc(Cl)c1)CC(C)CC. The Morgan fingerprint density at radius 3 is 2.68 bits per heavy atom. The number of hydrogen-bond acceptors (Lipinski definition) is 1. The molecule has 0 aliphatic heterocycles. The second-order valence-electron chi connectivity index (χ2n) is 5.65. The maximum atomic E-state index is 6.07. The maximum absolute atomic E-state index is 6.07. The summed E-state index contributed by atoms with van der Waals surface area (Å²) in [5.74, 6) is 1.51.